The summed E-state index contributed by atoms with van der Waals surface area (Å²) in [6.07, 6.45) is 1.73. The standard InChI is InChI=1S/C27H34N2O3/c1-26(2,3)32-25(31)27-16-14-23(20-29(27)17-15-24(27)30)28(18-21-10-6-4-7-11-21)19-22-12-8-5-9-13-22/h4-13,23H,14-20H2,1-3H3/t23-,27-/m0/s1. The van der Waals surface area contributed by atoms with Gasteiger partial charge < -0.3 is 4.74 Å². The highest BCUT2D eigenvalue weighted by molar-refractivity contribution is 6.10. The molecule has 5 heteroatoms. The minimum atomic E-state index is -1.10. The van der Waals surface area contributed by atoms with Crippen LogP contribution in [0.5, 0.6) is 0 Å². The van der Waals surface area contributed by atoms with Gasteiger partial charge in [-0.3, -0.25) is 14.6 Å². The van der Waals surface area contributed by atoms with Crippen molar-refractivity contribution in [3.8, 4) is 0 Å². The molecule has 170 valence electrons. The van der Waals surface area contributed by atoms with Gasteiger partial charge in [0, 0.05) is 38.6 Å². The zero-order valence-electron chi connectivity index (χ0n) is 19.4. The lowest BCUT2D eigenvalue weighted by atomic mass is 9.83. The first kappa shape index (κ1) is 22.7. The number of fused-ring (bicyclic) bond motifs is 1. The number of nitrogens with zero attached hydrogens (tertiary/aromatic N) is 2. The van der Waals surface area contributed by atoms with E-state index in [0.717, 1.165) is 19.5 Å². The van der Waals surface area contributed by atoms with Crippen LogP contribution in [-0.2, 0) is 27.4 Å². The summed E-state index contributed by atoms with van der Waals surface area (Å²) in [5.41, 5.74) is 0.827. The average molecular weight is 435 g/mol. The van der Waals surface area contributed by atoms with Gasteiger partial charge in [0.25, 0.3) is 0 Å². The number of rotatable bonds is 6. The topological polar surface area (TPSA) is 49.9 Å². The summed E-state index contributed by atoms with van der Waals surface area (Å²) in [4.78, 5) is 30.7. The summed E-state index contributed by atoms with van der Waals surface area (Å²) in [5.74, 6) is -0.355. The van der Waals surface area contributed by atoms with Crippen molar-refractivity contribution in [1.82, 2.24) is 9.80 Å². The maximum absolute atomic E-state index is 13.2. The van der Waals surface area contributed by atoms with Gasteiger partial charge in [-0.25, -0.2) is 4.79 Å². The minimum absolute atomic E-state index is 0.0165. The number of carbonyl (C=O) groups is 2. The quantitative estimate of drug-likeness (QED) is 0.504. The first-order valence-electron chi connectivity index (χ1n) is 11.6. The molecule has 0 spiro atoms. The molecule has 4 rings (SSSR count). The summed E-state index contributed by atoms with van der Waals surface area (Å²) in [6, 6.07) is 21.3. The number of piperidine rings is 1. The van der Waals surface area contributed by atoms with E-state index < -0.39 is 11.1 Å². The molecule has 0 aromatic heterocycles. The van der Waals surface area contributed by atoms with Gasteiger partial charge in [0.1, 0.15) is 5.60 Å². The Morgan fingerprint density at radius 2 is 1.59 bits per heavy atom. The molecule has 0 saturated carbocycles. The average Bonchev–Trinajstić information content (AvgIpc) is 3.10. The fraction of sp³-hybridized carbons (Fsp3) is 0.481. The summed E-state index contributed by atoms with van der Waals surface area (Å²) in [7, 11) is 0. The van der Waals surface area contributed by atoms with E-state index in [-0.39, 0.29) is 17.8 Å². The second-order valence-corrected chi connectivity index (χ2v) is 10.1. The van der Waals surface area contributed by atoms with E-state index in [0.29, 0.717) is 25.9 Å². The molecular weight excluding hydrogens is 400 g/mol. The highest BCUT2D eigenvalue weighted by Gasteiger charge is 2.58. The molecule has 2 heterocycles. The van der Waals surface area contributed by atoms with Crippen LogP contribution in [0.4, 0.5) is 0 Å². The molecule has 0 radical (unpaired) electrons. The van der Waals surface area contributed by atoms with E-state index in [1.165, 1.54) is 11.1 Å². The van der Waals surface area contributed by atoms with Gasteiger partial charge in [0.05, 0.1) is 0 Å². The van der Waals surface area contributed by atoms with Crippen molar-refractivity contribution in [2.75, 3.05) is 13.1 Å². The first-order chi connectivity index (χ1) is 15.3. The van der Waals surface area contributed by atoms with Crippen LogP contribution in [-0.4, -0.2) is 51.8 Å². The van der Waals surface area contributed by atoms with E-state index >= 15 is 0 Å². The third kappa shape index (κ3) is 4.79. The Bertz CT molecular complexity index is 897. The SMILES string of the molecule is CC(C)(C)OC(=O)[C@@]12CC[C@H](N(Cc3ccccc3)Cc3ccccc3)CN1CCC2=O. The van der Waals surface area contributed by atoms with Gasteiger partial charge in [0.15, 0.2) is 11.3 Å². The zero-order valence-corrected chi connectivity index (χ0v) is 19.4. The maximum atomic E-state index is 13.2. The normalized spacial score (nSPS) is 23.9. The number of benzene rings is 2. The van der Waals surface area contributed by atoms with Crippen LogP contribution in [0.1, 0.15) is 51.2 Å². The van der Waals surface area contributed by atoms with E-state index in [1.807, 2.05) is 32.9 Å². The predicted molar refractivity (Wildman–Crippen MR) is 125 cm³/mol. The molecule has 2 aromatic rings. The van der Waals surface area contributed by atoms with Crippen molar-refractivity contribution >= 4 is 11.8 Å². The predicted octanol–water partition coefficient (Wildman–Crippen LogP) is 4.21. The van der Waals surface area contributed by atoms with Crippen molar-refractivity contribution in [1.29, 1.82) is 0 Å². The van der Waals surface area contributed by atoms with Crippen molar-refractivity contribution in [2.45, 2.75) is 70.3 Å². The molecule has 0 unspecified atom stereocenters. The highest BCUT2D eigenvalue weighted by Crippen LogP contribution is 2.39. The summed E-state index contributed by atoms with van der Waals surface area (Å²) in [5, 5.41) is 0. The molecule has 2 aliphatic rings. The smallest absolute Gasteiger partial charge is 0.334 e. The van der Waals surface area contributed by atoms with Crippen LogP contribution in [0.15, 0.2) is 60.7 Å². The second kappa shape index (κ2) is 9.16. The Morgan fingerprint density at radius 3 is 2.12 bits per heavy atom. The Morgan fingerprint density at radius 1 is 1.03 bits per heavy atom. The third-order valence-electron chi connectivity index (χ3n) is 6.59. The van der Waals surface area contributed by atoms with E-state index in [2.05, 4.69) is 58.3 Å². The van der Waals surface area contributed by atoms with Crippen molar-refractivity contribution in [2.24, 2.45) is 0 Å². The lowest BCUT2D eigenvalue weighted by molar-refractivity contribution is -0.173. The fourth-order valence-electron chi connectivity index (χ4n) is 5.03. The van der Waals surface area contributed by atoms with Crippen LogP contribution < -0.4 is 0 Å². The lowest BCUT2D eigenvalue weighted by Crippen LogP contribution is -2.63. The van der Waals surface area contributed by atoms with Gasteiger partial charge in [-0.2, -0.15) is 0 Å². The number of ether oxygens (including phenoxy) is 1. The number of Topliss-reactive ketones (excluding diaryl/α,β-unsaturated/α-hetero) is 1. The number of esters is 1. The summed E-state index contributed by atoms with van der Waals surface area (Å²) >= 11 is 0. The molecule has 2 aromatic carbocycles. The van der Waals surface area contributed by atoms with Crippen LogP contribution in [0.3, 0.4) is 0 Å². The van der Waals surface area contributed by atoms with E-state index in [4.69, 9.17) is 4.74 Å². The summed E-state index contributed by atoms with van der Waals surface area (Å²) < 4.78 is 5.72. The summed E-state index contributed by atoms with van der Waals surface area (Å²) in [6.45, 7) is 8.57. The second-order valence-electron chi connectivity index (χ2n) is 10.1. The van der Waals surface area contributed by atoms with E-state index in [1.54, 1.807) is 0 Å². The number of ketones is 1. The Balaban J connectivity index is 1.56. The molecule has 2 aliphatic heterocycles. The Labute approximate surface area is 191 Å². The fourth-order valence-corrected chi connectivity index (χ4v) is 5.03. The molecule has 0 N–H and O–H groups in total. The van der Waals surface area contributed by atoms with Crippen molar-refractivity contribution < 1.29 is 14.3 Å². The van der Waals surface area contributed by atoms with Crippen LogP contribution in [0.2, 0.25) is 0 Å². The van der Waals surface area contributed by atoms with Crippen LogP contribution in [0, 0.1) is 0 Å². The Hall–Kier alpha value is -2.50. The lowest BCUT2D eigenvalue weighted by Gasteiger charge is -2.46. The van der Waals surface area contributed by atoms with Gasteiger partial charge in [-0.05, 0) is 44.7 Å². The number of carbonyl (C=O) groups excluding carboxylic acids is 2. The minimum Gasteiger partial charge on any atom is -0.458 e. The van der Waals surface area contributed by atoms with Gasteiger partial charge in [0.2, 0.25) is 0 Å². The molecule has 2 saturated heterocycles. The largest absolute Gasteiger partial charge is 0.458 e. The molecule has 2 atom stereocenters. The maximum Gasteiger partial charge on any atom is 0.334 e. The molecular formula is C27H34N2O3. The van der Waals surface area contributed by atoms with Gasteiger partial charge in [-0.15, -0.1) is 0 Å². The molecule has 0 amide bonds. The van der Waals surface area contributed by atoms with Crippen molar-refractivity contribution in [3.63, 3.8) is 0 Å². The molecule has 32 heavy (non-hydrogen) atoms. The van der Waals surface area contributed by atoms with Crippen LogP contribution in [0.25, 0.3) is 0 Å². The van der Waals surface area contributed by atoms with Crippen LogP contribution >= 0.6 is 0 Å². The number of hydrogen-bond acceptors (Lipinski definition) is 5. The number of hydrogen-bond donors (Lipinski definition) is 0. The molecule has 2 fully saturated rings. The van der Waals surface area contributed by atoms with E-state index in [9.17, 15) is 9.59 Å². The zero-order chi connectivity index (χ0) is 22.8. The molecule has 0 bridgehead atoms. The molecule has 0 aliphatic carbocycles. The highest BCUT2D eigenvalue weighted by atomic mass is 16.6. The molecule has 5 nitrogen and oxygen atoms in total. The van der Waals surface area contributed by atoms with Gasteiger partial charge >= 0.3 is 5.97 Å². The van der Waals surface area contributed by atoms with Crippen molar-refractivity contribution in [3.05, 3.63) is 71.8 Å². The van der Waals surface area contributed by atoms with Gasteiger partial charge in [-0.1, -0.05) is 60.7 Å². The first-order valence-corrected chi connectivity index (χ1v) is 11.6. The monoisotopic (exact) mass is 434 g/mol. The third-order valence-corrected chi connectivity index (χ3v) is 6.59. The Kier molecular flexibility index (Phi) is 6.50.